The molecule has 0 bridgehead atoms. The molecule has 0 radical (unpaired) electrons. The third-order valence-corrected chi connectivity index (χ3v) is 3.35. The summed E-state index contributed by atoms with van der Waals surface area (Å²) in [5, 5.41) is 0. The van der Waals surface area contributed by atoms with Gasteiger partial charge in [-0.1, -0.05) is 0 Å². The number of hydrogen-bond donors (Lipinski definition) is 0. The van der Waals surface area contributed by atoms with Gasteiger partial charge in [0.2, 0.25) is 0 Å². The molecule has 0 saturated carbocycles. The van der Waals surface area contributed by atoms with E-state index in [9.17, 15) is 17.6 Å². The van der Waals surface area contributed by atoms with Crippen LogP contribution in [-0.4, -0.2) is 28.1 Å². The lowest BCUT2D eigenvalue weighted by Crippen LogP contribution is -2.05. The Morgan fingerprint density at radius 2 is 2.06 bits per heavy atom. The molecule has 0 aliphatic carbocycles. The van der Waals surface area contributed by atoms with E-state index in [0.717, 1.165) is 18.6 Å². The number of carbonyl (C=O) groups excluding carboxylic acids is 1. The van der Waals surface area contributed by atoms with Crippen LogP contribution < -0.4 is 4.74 Å². The zero-order valence-electron chi connectivity index (χ0n) is 9.57. The van der Waals surface area contributed by atoms with E-state index in [1.54, 1.807) is 0 Å². The minimum Gasteiger partial charge on any atom is -0.495 e. The molecular weight excluding hydrogens is 247 g/mol. The second kappa shape index (κ2) is 5.27. The van der Waals surface area contributed by atoms with Crippen LogP contribution in [0.15, 0.2) is 17.0 Å². The van der Waals surface area contributed by atoms with Crippen LogP contribution in [0.2, 0.25) is 0 Å². The monoisotopic (exact) mass is 260 g/mol. The van der Waals surface area contributed by atoms with Crippen molar-refractivity contribution in [3.63, 3.8) is 0 Å². The zero-order valence-corrected chi connectivity index (χ0v) is 10.4. The number of hydrogen-bond acceptors (Lipinski definition) is 4. The van der Waals surface area contributed by atoms with E-state index in [1.165, 1.54) is 13.2 Å². The summed E-state index contributed by atoms with van der Waals surface area (Å²) in [6.45, 7) is 0. The topological polar surface area (TPSA) is 60.4 Å². The van der Waals surface area contributed by atoms with Crippen molar-refractivity contribution in [2.75, 3.05) is 13.4 Å². The summed E-state index contributed by atoms with van der Waals surface area (Å²) in [5.74, 6) is -0.888. The third kappa shape index (κ3) is 3.26. The highest BCUT2D eigenvalue weighted by molar-refractivity contribution is 7.90. The Balaban J connectivity index is 3.31. The molecule has 0 amide bonds. The molecule has 1 rings (SSSR count). The molecule has 0 fully saturated rings. The molecule has 1 aromatic rings. The molecule has 0 spiro atoms. The molecular formula is C11H13FO4S. The highest BCUT2D eigenvalue weighted by Crippen LogP contribution is 2.28. The van der Waals surface area contributed by atoms with Gasteiger partial charge in [-0.2, -0.15) is 0 Å². The Morgan fingerprint density at radius 1 is 1.41 bits per heavy atom. The molecule has 0 aromatic heterocycles. The van der Waals surface area contributed by atoms with Gasteiger partial charge in [0.25, 0.3) is 0 Å². The van der Waals surface area contributed by atoms with E-state index in [0.29, 0.717) is 12.0 Å². The van der Waals surface area contributed by atoms with Gasteiger partial charge in [0.05, 0.1) is 7.11 Å². The molecule has 17 heavy (non-hydrogen) atoms. The van der Waals surface area contributed by atoms with Crippen LogP contribution in [0.3, 0.4) is 0 Å². The number of benzene rings is 1. The van der Waals surface area contributed by atoms with Gasteiger partial charge in [-0.05, 0) is 24.1 Å². The average molecular weight is 260 g/mol. The summed E-state index contributed by atoms with van der Waals surface area (Å²) in [5.41, 5.74) is 0.527. The van der Waals surface area contributed by atoms with Crippen molar-refractivity contribution in [3.8, 4) is 5.75 Å². The molecule has 6 heteroatoms. The van der Waals surface area contributed by atoms with Crippen LogP contribution in [0.1, 0.15) is 12.0 Å². The minimum absolute atomic E-state index is 0.0339. The molecule has 0 aliphatic heterocycles. The standard InChI is InChI=1S/C11H13FO4S/c1-16-10-7-8(4-3-5-13)6-9(12)11(10)17(2,14)15/h5-7H,3-4H2,1-2H3. The molecule has 1 aromatic carbocycles. The van der Waals surface area contributed by atoms with Crippen LogP contribution in [0.5, 0.6) is 5.75 Å². The molecule has 0 saturated heterocycles. The fraction of sp³-hybridized carbons (Fsp3) is 0.364. The summed E-state index contributed by atoms with van der Waals surface area (Å²) in [6.07, 6.45) is 2.23. The Bertz CT molecular complexity index is 523. The van der Waals surface area contributed by atoms with E-state index in [4.69, 9.17) is 4.74 Å². The number of rotatable bonds is 5. The minimum atomic E-state index is -3.68. The van der Waals surface area contributed by atoms with Crippen molar-refractivity contribution in [2.45, 2.75) is 17.7 Å². The number of ether oxygens (including phenoxy) is 1. The number of aryl methyl sites for hydroxylation is 1. The average Bonchev–Trinajstić information content (AvgIpc) is 2.23. The van der Waals surface area contributed by atoms with E-state index in [-0.39, 0.29) is 12.2 Å². The van der Waals surface area contributed by atoms with E-state index >= 15 is 0 Å². The molecule has 4 nitrogen and oxygen atoms in total. The van der Waals surface area contributed by atoms with Gasteiger partial charge in [-0.15, -0.1) is 0 Å². The van der Waals surface area contributed by atoms with Crippen LogP contribution in [-0.2, 0) is 21.1 Å². The first-order valence-corrected chi connectivity index (χ1v) is 6.79. The van der Waals surface area contributed by atoms with Crippen molar-refractivity contribution >= 4 is 16.1 Å². The molecule has 0 N–H and O–H groups in total. The van der Waals surface area contributed by atoms with Gasteiger partial charge in [0.1, 0.15) is 22.7 Å². The Kier molecular flexibility index (Phi) is 4.22. The van der Waals surface area contributed by atoms with Crippen LogP contribution in [0.25, 0.3) is 0 Å². The fourth-order valence-corrected chi connectivity index (χ4v) is 2.42. The van der Waals surface area contributed by atoms with Crippen LogP contribution >= 0.6 is 0 Å². The maximum Gasteiger partial charge on any atom is 0.182 e. The van der Waals surface area contributed by atoms with Gasteiger partial charge in [0, 0.05) is 12.7 Å². The van der Waals surface area contributed by atoms with Crippen molar-refractivity contribution in [3.05, 3.63) is 23.5 Å². The van der Waals surface area contributed by atoms with Gasteiger partial charge >= 0.3 is 0 Å². The molecule has 0 aliphatic rings. The summed E-state index contributed by atoms with van der Waals surface area (Å²) in [7, 11) is -2.41. The van der Waals surface area contributed by atoms with Crippen molar-refractivity contribution in [1.82, 2.24) is 0 Å². The third-order valence-electron chi connectivity index (χ3n) is 2.21. The smallest absolute Gasteiger partial charge is 0.182 e. The van der Waals surface area contributed by atoms with Crippen molar-refractivity contribution < 1.29 is 22.3 Å². The first-order chi connectivity index (χ1) is 7.90. The molecule has 0 unspecified atom stereocenters. The SMILES string of the molecule is COc1cc(CCC=O)cc(F)c1S(C)(=O)=O. The van der Waals surface area contributed by atoms with Crippen LogP contribution in [0, 0.1) is 5.82 Å². The van der Waals surface area contributed by atoms with Gasteiger partial charge in [-0.3, -0.25) is 0 Å². The predicted molar refractivity (Wildman–Crippen MR) is 60.4 cm³/mol. The zero-order chi connectivity index (χ0) is 13.1. The summed E-state index contributed by atoms with van der Waals surface area (Å²) in [4.78, 5) is 9.77. The van der Waals surface area contributed by atoms with Gasteiger partial charge in [0.15, 0.2) is 9.84 Å². The molecule has 0 atom stereocenters. The number of halogens is 1. The van der Waals surface area contributed by atoms with Crippen LogP contribution in [0.4, 0.5) is 4.39 Å². The predicted octanol–water partition coefficient (Wildman–Crippen LogP) is 1.37. The summed E-state index contributed by atoms with van der Waals surface area (Å²) < 4.78 is 41.3. The normalized spacial score (nSPS) is 11.2. The summed E-state index contributed by atoms with van der Waals surface area (Å²) in [6, 6.07) is 2.55. The fourth-order valence-electron chi connectivity index (χ4n) is 1.50. The number of methoxy groups -OCH3 is 1. The van der Waals surface area contributed by atoms with Gasteiger partial charge in [-0.25, -0.2) is 12.8 Å². The Morgan fingerprint density at radius 3 is 2.53 bits per heavy atom. The lowest BCUT2D eigenvalue weighted by atomic mass is 10.1. The molecule has 0 heterocycles. The number of carbonyl (C=O) groups is 1. The molecule has 94 valence electrons. The second-order valence-corrected chi connectivity index (χ2v) is 5.54. The quantitative estimate of drug-likeness (QED) is 0.750. The highest BCUT2D eigenvalue weighted by Gasteiger charge is 2.20. The lowest BCUT2D eigenvalue weighted by molar-refractivity contribution is -0.107. The van der Waals surface area contributed by atoms with E-state index in [1.807, 2.05) is 0 Å². The maximum atomic E-state index is 13.7. The second-order valence-electron chi connectivity index (χ2n) is 3.59. The largest absolute Gasteiger partial charge is 0.495 e. The first kappa shape index (κ1) is 13.6. The number of sulfone groups is 1. The van der Waals surface area contributed by atoms with Crippen molar-refractivity contribution in [2.24, 2.45) is 0 Å². The maximum absolute atomic E-state index is 13.7. The first-order valence-electron chi connectivity index (χ1n) is 4.90. The Hall–Kier alpha value is -1.43. The number of aldehydes is 1. The lowest BCUT2D eigenvalue weighted by Gasteiger charge is -2.10. The Labute approximate surface area is 99.3 Å². The van der Waals surface area contributed by atoms with Gasteiger partial charge < -0.3 is 9.53 Å². The van der Waals surface area contributed by atoms with E-state index in [2.05, 4.69) is 0 Å². The van der Waals surface area contributed by atoms with Crippen molar-refractivity contribution in [1.29, 1.82) is 0 Å². The summed E-state index contributed by atoms with van der Waals surface area (Å²) >= 11 is 0. The highest BCUT2D eigenvalue weighted by atomic mass is 32.2. The van der Waals surface area contributed by atoms with E-state index < -0.39 is 20.5 Å².